The van der Waals surface area contributed by atoms with E-state index in [0.717, 1.165) is 4.88 Å². The number of nitrogens with zero attached hydrogens (tertiary/aromatic N) is 2. The number of hydrogen-bond acceptors (Lipinski definition) is 7. The van der Waals surface area contributed by atoms with Gasteiger partial charge in [0.1, 0.15) is 0 Å². The zero-order valence-corrected chi connectivity index (χ0v) is 15.6. The number of hydrogen-bond donors (Lipinski definition) is 1. The van der Waals surface area contributed by atoms with Gasteiger partial charge in [0.25, 0.3) is 0 Å². The molecule has 0 atom stereocenters. The third-order valence-corrected chi connectivity index (χ3v) is 4.55. The van der Waals surface area contributed by atoms with E-state index in [0.29, 0.717) is 48.8 Å². The van der Waals surface area contributed by atoms with Crippen molar-refractivity contribution < 1.29 is 18.8 Å². The van der Waals surface area contributed by atoms with E-state index in [1.165, 1.54) is 0 Å². The van der Waals surface area contributed by atoms with Gasteiger partial charge in [-0.1, -0.05) is 11.2 Å². The van der Waals surface area contributed by atoms with E-state index >= 15 is 0 Å². The van der Waals surface area contributed by atoms with Gasteiger partial charge < -0.3 is 14.6 Å². The Morgan fingerprint density at radius 1 is 1.22 bits per heavy atom. The summed E-state index contributed by atoms with van der Waals surface area (Å²) in [5.74, 6) is 0.602. The van der Waals surface area contributed by atoms with Crippen molar-refractivity contribution in [3.63, 3.8) is 0 Å². The molecule has 27 heavy (non-hydrogen) atoms. The molecule has 0 radical (unpaired) electrons. The highest BCUT2D eigenvalue weighted by Gasteiger charge is 2.11. The number of esters is 1. The fourth-order valence-electron chi connectivity index (χ4n) is 2.39. The Bertz CT molecular complexity index is 888. The molecule has 2 aromatic heterocycles. The number of carbonyl (C=O) groups excluding carboxylic acids is 2. The molecule has 7 nitrogen and oxygen atoms in total. The van der Waals surface area contributed by atoms with Crippen molar-refractivity contribution in [2.45, 2.75) is 26.2 Å². The summed E-state index contributed by atoms with van der Waals surface area (Å²) >= 11 is 1.55. The van der Waals surface area contributed by atoms with Crippen LogP contribution in [0.15, 0.2) is 46.3 Å². The monoisotopic (exact) mass is 385 g/mol. The van der Waals surface area contributed by atoms with Gasteiger partial charge in [-0.3, -0.25) is 4.79 Å². The molecule has 0 saturated heterocycles. The lowest BCUT2D eigenvalue weighted by Gasteiger charge is -2.06. The summed E-state index contributed by atoms with van der Waals surface area (Å²) in [4.78, 5) is 28.9. The van der Waals surface area contributed by atoms with Gasteiger partial charge in [0.2, 0.25) is 17.6 Å². The average Bonchev–Trinajstić information content (AvgIpc) is 3.34. The second-order valence-corrected chi connectivity index (χ2v) is 6.64. The number of amides is 1. The minimum absolute atomic E-state index is 0.114. The maximum absolute atomic E-state index is 12.0. The Kier molecular flexibility index (Phi) is 6.32. The third-order valence-electron chi connectivity index (χ3n) is 3.68. The lowest BCUT2D eigenvalue weighted by Crippen LogP contribution is -2.12. The van der Waals surface area contributed by atoms with Crippen LogP contribution in [0.1, 0.15) is 36.0 Å². The Hall–Kier alpha value is -3.00. The highest BCUT2D eigenvalue weighted by atomic mass is 32.1. The van der Waals surface area contributed by atoms with Crippen molar-refractivity contribution in [1.29, 1.82) is 0 Å². The SMILES string of the molecule is CCOC(=O)c1ccc(NC(=O)CCCc2nc(-c3cccs3)no2)cc1. The van der Waals surface area contributed by atoms with E-state index in [1.54, 1.807) is 42.5 Å². The standard InChI is InChI=1S/C19H19N3O4S/c1-2-25-19(24)13-8-10-14(11-9-13)20-16(23)6-3-7-17-21-18(22-26-17)15-5-4-12-27-15/h4-5,8-12H,2-3,6-7H2,1H3,(H,20,23). The number of nitrogens with one attached hydrogen (secondary N) is 1. The Morgan fingerprint density at radius 3 is 2.74 bits per heavy atom. The number of anilines is 1. The zero-order valence-electron chi connectivity index (χ0n) is 14.8. The smallest absolute Gasteiger partial charge is 0.338 e. The first-order valence-electron chi connectivity index (χ1n) is 8.59. The van der Waals surface area contributed by atoms with Crippen LogP contribution in [0.5, 0.6) is 0 Å². The van der Waals surface area contributed by atoms with Gasteiger partial charge in [0.05, 0.1) is 17.0 Å². The molecule has 8 heteroatoms. The molecule has 1 aromatic carbocycles. The number of benzene rings is 1. The van der Waals surface area contributed by atoms with Crippen molar-refractivity contribution in [3.8, 4) is 10.7 Å². The molecule has 0 aliphatic carbocycles. The van der Waals surface area contributed by atoms with Crippen LogP contribution in [-0.4, -0.2) is 28.6 Å². The molecule has 2 heterocycles. The molecule has 1 N–H and O–H groups in total. The van der Waals surface area contributed by atoms with Gasteiger partial charge in [-0.25, -0.2) is 4.79 Å². The number of thiophene rings is 1. The first-order chi connectivity index (χ1) is 13.2. The van der Waals surface area contributed by atoms with Gasteiger partial charge in [-0.2, -0.15) is 4.98 Å². The minimum Gasteiger partial charge on any atom is -0.462 e. The summed E-state index contributed by atoms with van der Waals surface area (Å²) in [5, 5.41) is 8.70. The van der Waals surface area contributed by atoms with Gasteiger partial charge in [0.15, 0.2) is 0 Å². The largest absolute Gasteiger partial charge is 0.462 e. The first kappa shape index (κ1) is 18.8. The summed E-state index contributed by atoms with van der Waals surface area (Å²) < 4.78 is 10.1. The lowest BCUT2D eigenvalue weighted by molar-refractivity contribution is -0.116. The Balaban J connectivity index is 1.44. The van der Waals surface area contributed by atoms with Gasteiger partial charge in [0, 0.05) is 18.5 Å². The van der Waals surface area contributed by atoms with Crippen LogP contribution in [0.25, 0.3) is 10.7 Å². The molecule has 0 saturated carbocycles. The maximum Gasteiger partial charge on any atom is 0.338 e. The molecule has 3 aromatic rings. The predicted octanol–water partition coefficient (Wildman–Crippen LogP) is 3.94. The van der Waals surface area contributed by atoms with Gasteiger partial charge in [-0.05, 0) is 49.1 Å². The van der Waals surface area contributed by atoms with Crippen LogP contribution < -0.4 is 5.32 Å². The van der Waals surface area contributed by atoms with Crippen LogP contribution in [0.4, 0.5) is 5.69 Å². The number of ether oxygens (including phenoxy) is 1. The number of aryl methyl sites for hydroxylation is 1. The van der Waals surface area contributed by atoms with E-state index in [4.69, 9.17) is 9.26 Å². The molecule has 0 unspecified atom stereocenters. The van der Waals surface area contributed by atoms with Crippen LogP contribution in [-0.2, 0) is 16.0 Å². The van der Waals surface area contributed by atoms with Crippen molar-refractivity contribution >= 4 is 28.9 Å². The van der Waals surface area contributed by atoms with E-state index in [9.17, 15) is 9.59 Å². The zero-order chi connectivity index (χ0) is 19.1. The lowest BCUT2D eigenvalue weighted by atomic mass is 10.2. The molecule has 0 aliphatic heterocycles. The van der Waals surface area contributed by atoms with Crippen molar-refractivity contribution in [2.75, 3.05) is 11.9 Å². The van der Waals surface area contributed by atoms with E-state index in [-0.39, 0.29) is 11.9 Å². The van der Waals surface area contributed by atoms with Crippen LogP contribution in [0, 0.1) is 0 Å². The summed E-state index contributed by atoms with van der Waals surface area (Å²) in [6, 6.07) is 10.5. The molecule has 140 valence electrons. The summed E-state index contributed by atoms with van der Waals surface area (Å²) in [6.45, 7) is 2.08. The third kappa shape index (κ3) is 5.24. The second kappa shape index (κ2) is 9.09. The molecule has 0 fully saturated rings. The van der Waals surface area contributed by atoms with E-state index in [2.05, 4.69) is 15.5 Å². The van der Waals surface area contributed by atoms with Crippen LogP contribution in [0.2, 0.25) is 0 Å². The highest BCUT2D eigenvalue weighted by Crippen LogP contribution is 2.21. The van der Waals surface area contributed by atoms with Gasteiger partial charge in [-0.15, -0.1) is 11.3 Å². The molecular formula is C19H19N3O4S. The van der Waals surface area contributed by atoms with Crippen LogP contribution in [0.3, 0.4) is 0 Å². The van der Waals surface area contributed by atoms with E-state index < -0.39 is 0 Å². The quantitative estimate of drug-likeness (QED) is 0.590. The molecule has 0 bridgehead atoms. The highest BCUT2D eigenvalue weighted by molar-refractivity contribution is 7.13. The first-order valence-corrected chi connectivity index (χ1v) is 9.47. The fraction of sp³-hybridized carbons (Fsp3) is 0.263. The fourth-order valence-corrected chi connectivity index (χ4v) is 3.04. The normalized spacial score (nSPS) is 10.6. The molecule has 0 aliphatic rings. The predicted molar refractivity (Wildman–Crippen MR) is 102 cm³/mol. The van der Waals surface area contributed by atoms with Crippen molar-refractivity contribution in [2.24, 2.45) is 0 Å². The summed E-state index contributed by atoms with van der Waals surface area (Å²) in [5.41, 5.74) is 1.08. The topological polar surface area (TPSA) is 94.3 Å². The molecule has 0 spiro atoms. The Labute approximate surface area is 160 Å². The minimum atomic E-state index is -0.378. The molecular weight excluding hydrogens is 366 g/mol. The van der Waals surface area contributed by atoms with Crippen LogP contribution >= 0.6 is 11.3 Å². The number of carbonyl (C=O) groups is 2. The molecule has 3 rings (SSSR count). The van der Waals surface area contributed by atoms with Crippen molar-refractivity contribution in [1.82, 2.24) is 10.1 Å². The summed E-state index contributed by atoms with van der Waals surface area (Å²) in [7, 11) is 0. The summed E-state index contributed by atoms with van der Waals surface area (Å²) in [6.07, 6.45) is 1.46. The van der Waals surface area contributed by atoms with E-state index in [1.807, 2.05) is 17.5 Å². The van der Waals surface area contributed by atoms with Crippen molar-refractivity contribution in [3.05, 3.63) is 53.2 Å². The molecule has 1 amide bonds. The average molecular weight is 385 g/mol. The second-order valence-electron chi connectivity index (χ2n) is 5.69. The van der Waals surface area contributed by atoms with Gasteiger partial charge >= 0.3 is 5.97 Å². The maximum atomic E-state index is 12.0. The number of rotatable bonds is 8. The Morgan fingerprint density at radius 2 is 2.04 bits per heavy atom. The number of aromatic nitrogens is 2.